The van der Waals surface area contributed by atoms with Crippen LogP contribution in [0.25, 0.3) is 16.7 Å². The van der Waals surface area contributed by atoms with Crippen molar-refractivity contribution in [2.24, 2.45) is 0 Å². The summed E-state index contributed by atoms with van der Waals surface area (Å²) in [6.07, 6.45) is 1.99. The number of carbonyl (C=O) groups excluding carboxylic acids is 2. The highest BCUT2D eigenvalue weighted by molar-refractivity contribution is 6.02. The highest BCUT2D eigenvalue weighted by Crippen LogP contribution is 2.46. The molecule has 0 radical (unpaired) electrons. The average molecular weight is 360 g/mol. The normalized spacial score (nSPS) is 11.3. The Morgan fingerprint density at radius 3 is 1.52 bits per heavy atom. The number of fused-ring (bicyclic) bond motifs is 3. The monoisotopic (exact) mass is 360 g/mol. The molecule has 0 aromatic heterocycles. The summed E-state index contributed by atoms with van der Waals surface area (Å²) in [6.45, 7) is 12.4. The molecule has 27 heavy (non-hydrogen) atoms. The van der Waals surface area contributed by atoms with Crippen LogP contribution in [0.5, 0.6) is 11.5 Å². The largest absolute Gasteiger partial charge is 0.423 e. The van der Waals surface area contributed by atoms with E-state index in [0.29, 0.717) is 22.6 Å². The molecule has 0 spiro atoms. The van der Waals surface area contributed by atoms with Crippen molar-refractivity contribution < 1.29 is 19.1 Å². The maximum Gasteiger partial charge on any atom is 0.338 e. The van der Waals surface area contributed by atoms with Gasteiger partial charge in [0, 0.05) is 11.1 Å². The Bertz CT molecular complexity index is 945. The van der Waals surface area contributed by atoms with E-state index in [4.69, 9.17) is 9.47 Å². The zero-order valence-corrected chi connectivity index (χ0v) is 15.6. The molecule has 1 aliphatic rings. The fourth-order valence-electron chi connectivity index (χ4n) is 2.93. The van der Waals surface area contributed by atoms with Gasteiger partial charge in [0.05, 0.1) is 0 Å². The van der Waals surface area contributed by atoms with Crippen LogP contribution < -0.4 is 9.47 Å². The molecular formula is C23H20O4. The molecule has 2 aromatic carbocycles. The molecule has 0 N–H and O–H groups in total. The molecule has 2 aromatic rings. The van der Waals surface area contributed by atoms with Crippen molar-refractivity contribution in [2.75, 3.05) is 0 Å². The van der Waals surface area contributed by atoms with Crippen molar-refractivity contribution in [2.45, 2.75) is 20.8 Å². The minimum Gasteiger partial charge on any atom is -0.423 e. The lowest BCUT2D eigenvalue weighted by atomic mass is 10.0. The molecule has 136 valence electrons. The van der Waals surface area contributed by atoms with Crippen LogP contribution in [0.4, 0.5) is 0 Å². The number of hydrogen-bond donors (Lipinski definition) is 0. The van der Waals surface area contributed by atoms with Gasteiger partial charge in [0.15, 0.2) is 0 Å². The van der Waals surface area contributed by atoms with Gasteiger partial charge in [-0.2, -0.15) is 0 Å². The fourth-order valence-corrected chi connectivity index (χ4v) is 2.93. The molecule has 0 aliphatic heterocycles. The van der Waals surface area contributed by atoms with Crippen LogP contribution in [-0.2, 0) is 9.59 Å². The van der Waals surface area contributed by atoms with Gasteiger partial charge in [-0.1, -0.05) is 31.4 Å². The highest BCUT2D eigenvalue weighted by atomic mass is 16.5. The summed E-state index contributed by atoms with van der Waals surface area (Å²) in [7, 11) is 0. The number of allylic oxidation sites excluding steroid dienone is 1. The second-order valence-electron chi connectivity index (χ2n) is 6.46. The summed E-state index contributed by atoms with van der Waals surface area (Å²) < 4.78 is 10.7. The lowest BCUT2D eigenvalue weighted by Gasteiger charge is -2.07. The van der Waals surface area contributed by atoms with Crippen LogP contribution in [0.15, 0.2) is 66.8 Å². The third kappa shape index (κ3) is 3.47. The summed E-state index contributed by atoms with van der Waals surface area (Å²) in [5, 5.41) is 0. The molecule has 0 bridgehead atoms. The minimum absolute atomic E-state index is 0.342. The van der Waals surface area contributed by atoms with Gasteiger partial charge in [-0.05, 0) is 72.9 Å². The Morgan fingerprint density at radius 1 is 0.778 bits per heavy atom. The molecular weight excluding hydrogens is 340 g/mol. The Kier molecular flexibility index (Phi) is 4.82. The first kappa shape index (κ1) is 18.4. The number of hydrogen-bond acceptors (Lipinski definition) is 4. The molecule has 0 unspecified atom stereocenters. The number of benzene rings is 2. The summed E-state index contributed by atoms with van der Waals surface area (Å²) >= 11 is 0. The topological polar surface area (TPSA) is 52.6 Å². The van der Waals surface area contributed by atoms with E-state index in [0.717, 1.165) is 27.8 Å². The molecule has 0 saturated carbocycles. The second-order valence-corrected chi connectivity index (χ2v) is 6.46. The van der Waals surface area contributed by atoms with E-state index in [9.17, 15) is 9.59 Å². The predicted octanol–water partition coefficient (Wildman–Crippen LogP) is 5.08. The van der Waals surface area contributed by atoms with Crippen molar-refractivity contribution >= 4 is 17.5 Å². The van der Waals surface area contributed by atoms with Crippen LogP contribution in [0, 0.1) is 0 Å². The molecule has 0 atom stereocenters. The van der Waals surface area contributed by atoms with E-state index in [-0.39, 0.29) is 0 Å². The maximum absolute atomic E-state index is 11.8. The Hall–Kier alpha value is -3.40. The molecule has 4 nitrogen and oxygen atoms in total. The van der Waals surface area contributed by atoms with Crippen molar-refractivity contribution in [1.82, 2.24) is 0 Å². The third-order valence-corrected chi connectivity index (χ3v) is 4.26. The van der Waals surface area contributed by atoms with Gasteiger partial charge < -0.3 is 9.47 Å². The van der Waals surface area contributed by atoms with Gasteiger partial charge in [-0.15, -0.1) is 0 Å². The van der Waals surface area contributed by atoms with E-state index in [2.05, 4.69) is 13.2 Å². The first-order chi connectivity index (χ1) is 12.8. The Morgan fingerprint density at radius 2 is 1.19 bits per heavy atom. The standard InChI is InChI=1S/C23H20O4/c1-6-17-20-11-15(26-22(24)13(2)3)7-9-18(20)19-10-8-16(12-21(17)19)27-23(25)14(4)5/h6-12H,2,4H2,1,3,5H3. The average Bonchev–Trinajstić information content (AvgIpc) is 2.93. The van der Waals surface area contributed by atoms with Gasteiger partial charge in [-0.25, -0.2) is 9.59 Å². The van der Waals surface area contributed by atoms with Gasteiger partial charge in [-0.3, -0.25) is 0 Å². The summed E-state index contributed by atoms with van der Waals surface area (Å²) in [5.41, 5.74) is 5.66. The SMILES string of the molecule is C=C(C)C(=O)Oc1ccc2c(c1)C(=CC)c1cc(OC(=O)C(=C)C)ccc1-2. The zero-order chi connectivity index (χ0) is 19.7. The van der Waals surface area contributed by atoms with Gasteiger partial charge >= 0.3 is 11.9 Å². The summed E-state index contributed by atoms with van der Waals surface area (Å²) in [4.78, 5) is 23.6. The van der Waals surface area contributed by atoms with Crippen molar-refractivity contribution in [1.29, 1.82) is 0 Å². The van der Waals surface area contributed by atoms with Gasteiger partial charge in [0.2, 0.25) is 0 Å². The summed E-state index contributed by atoms with van der Waals surface area (Å²) in [5.74, 6) is 0.00800. The molecule has 4 heteroatoms. The first-order valence-corrected chi connectivity index (χ1v) is 8.52. The highest BCUT2D eigenvalue weighted by Gasteiger charge is 2.25. The third-order valence-electron chi connectivity index (χ3n) is 4.26. The van der Waals surface area contributed by atoms with Crippen LogP contribution in [0.2, 0.25) is 0 Å². The molecule has 3 rings (SSSR count). The molecule has 0 fully saturated rings. The van der Waals surface area contributed by atoms with E-state index in [1.807, 2.05) is 37.3 Å². The van der Waals surface area contributed by atoms with Crippen LogP contribution in [0.1, 0.15) is 31.9 Å². The van der Waals surface area contributed by atoms with Crippen molar-refractivity contribution in [3.8, 4) is 22.6 Å². The van der Waals surface area contributed by atoms with Crippen LogP contribution in [-0.4, -0.2) is 11.9 Å². The molecule has 0 saturated heterocycles. The smallest absolute Gasteiger partial charge is 0.338 e. The molecule has 1 aliphatic carbocycles. The predicted molar refractivity (Wildman–Crippen MR) is 106 cm³/mol. The van der Waals surface area contributed by atoms with Crippen LogP contribution in [0.3, 0.4) is 0 Å². The Balaban J connectivity index is 1.99. The van der Waals surface area contributed by atoms with Gasteiger partial charge in [0.1, 0.15) is 11.5 Å². The zero-order valence-electron chi connectivity index (χ0n) is 15.6. The second kappa shape index (κ2) is 7.08. The summed E-state index contributed by atoms with van der Waals surface area (Å²) in [6, 6.07) is 11.0. The molecule has 0 heterocycles. The van der Waals surface area contributed by atoms with E-state index >= 15 is 0 Å². The number of esters is 2. The number of rotatable bonds is 4. The minimum atomic E-state index is -0.457. The molecule has 0 amide bonds. The van der Waals surface area contributed by atoms with Crippen molar-refractivity contribution in [3.05, 3.63) is 77.9 Å². The number of carbonyl (C=O) groups is 2. The fraction of sp³-hybridized carbons (Fsp3) is 0.130. The lowest BCUT2D eigenvalue weighted by molar-refractivity contribution is -0.130. The first-order valence-electron chi connectivity index (χ1n) is 8.52. The van der Waals surface area contributed by atoms with E-state index in [1.165, 1.54) is 0 Å². The van der Waals surface area contributed by atoms with Crippen molar-refractivity contribution in [3.63, 3.8) is 0 Å². The number of ether oxygens (including phenoxy) is 2. The van der Waals surface area contributed by atoms with Crippen LogP contribution >= 0.6 is 0 Å². The maximum atomic E-state index is 11.8. The Labute approximate surface area is 158 Å². The lowest BCUT2D eigenvalue weighted by Crippen LogP contribution is -2.08. The van der Waals surface area contributed by atoms with Gasteiger partial charge in [0.25, 0.3) is 0 Å². The quantitative estimate of drug-likeness (QED) is 0.370. The van der Waals surface area contributed by atoms with E-state index < -0.39 is 11.9 Å². The van der Waals surface area contributed by atoms with E-state index in [1.54, 1.807) is 26.0 Å².